The summed E-state index contributed by atoms with van der Waals surface area (Å²) in [7, 11) is 0. The van der Waals surface area contributed by atoms with Gasteiger partial charge < -0.3 is 30.5 Å². The second-order valence-electron chi connectivity index (χ2n) is 4.43. The summed E-state index contributed by atoms with van der Waals surface area (Å²) in [6.07, 6.45) is -5.17. The van der Waals surface area contributed by atoms with Crippen molar-refractivity contribution in [3.8, 4) is 0 Å². The van der Waals surface area contributed by atoms with Crippen molar-refractivity contribution in [1.29, 1.82) is 0 Å². The van der Waals surface area contributed by atoms with Gasteiger partial charge in [0.2, 0.25) is 0 Å². The fourth-order valence-electron chi connectivity index (χ4n) is 1.70. The lowest BCUT2D eigenvalue weighted by Gasteiger charge is -2.40. The maximum atomic E-state index is 9.68. The normalized spacial score (nSPS) is 40.3. The molecule has 6 nitrogen and oxygen atoms in total. The van der Waals surface area contributed by atoms with Crippen LogP contribution in [0.1, 0.15) is 13.8 Å². The van der Waals surface area contributed by atoms with Gasteiger partial charge in [-0.1, -0.05) is 13.8 Å². The largest absolute Gasteiger partial charge is 0.394 e. The van der Waals surface area contributed by atoms with Gasteiger partial charge in [-0.3, -0.25) is 0 Å². The number of hydrogen-bond acceptors (Lipinski definition) is 6. The van der Waals surface area contributed by atoms with Crippen LogP contribution >= 0.6 is 0 Å². The van der Waals surface area contributed by atoms with E-state index < -0.39 is 30.5 Å². The molecular formula is C10H21NO5. The summed E-state index contributed by atoms with van der Waals surface area (Å²) >= 11 is 0. The Morgan fingerprint density at radius 3 is 2.12 bits per heavy atom. The molecular weight excluding hydrogens is 214 g/mol. The molecule has 0 amide bonds. The second-order valence-corrected chi connectivity index (χ2v) is 4.43. The van der Waals surface area contributed by atoms with E-state index in [2.05, 4.69) is 5.32 Å². The Hall–Kier alpha value is -0.240. The van der Waals surface area contributed by atoms with Crippen LogP contribution in [0.4, 0.5) is 0 Å². The van der Waals surface area contributed by atoms with E-state index in [1.807, 2.05) is 13.8 Å². The number of nitrogens with one attached hydrogen (secondary N) is 1. The van der Waals surface area contributed by atoms with E-state index in [0.717, 1.165) is 0 Å². The first-order chi connectivity index (χ1) is 7.47. The summed E-state index contributed by atoms with van der Waals surface area (Å²) in [5, 5.41) is 40.8. The molecule has 0 spiro atoms. The molecule has 5 N–H and O–H groups in total. The second kappa shape index (κ2) is 5.90. The summed E-state index contributed by atoms with van der Waals surface area (Å²) < 4.78 is 5.31. The molecule has 0 aliphatic carbocycles. The van der Waals surface area contributed by atoms with E-state index in [-0.39, 0.29) is 12.6 Å². The minimum Gasteiger partial charge on any atom is -0.394 e. The quantitative estimate of drug-likeness (QED) is 0.380. The third-order valence-electron chi connectivity index (χ3n) is 2.72. The molecule has 1 rings (SSSR count). The molecule has 1 heterocycles. The molecule has 5 atom stereocenters. The summed E-state index contributed by atoms with van der Waals surface area (Å²) in [4.78, 5) is 0. The standard InChI is InChI=1S/C10H21NO5/c1-5(2)11-3-6-8(13)10(15)9(14)7(4-12)16-6/h5-15H,3-4H2,1-2H3. The molecule has 0 aromatic carbocycles. The zero-order valence-electron chi connectivity index (χ0n) is 9.58. The van der Waals surface area contributed by atoms with Gasteiger partial charge in [0.15, 0.2) is 0 Å². The van der Waals surface area contributed by atoms with Gasteiger partial charge >= 0.3 is 0 Å². The van der Waals surface area contributed by atoms with Gasteiger partial charge in [0.25, 0.3) is 0 Å². The van der Waals surface area contributed by atoms with E-state index in [1.54, 1.807) is 0 Å². The molecule has 96 valence electrons. The highest BCUT2D eigenvalue weighted by Crippen LogP contribution is 2.20. The molecule has 1 aliphatic heterocycles. The Kier molecular flexibility index (Phi) is 5.10. The lowest BCUT2D eigenvalue weighted by molar-refractivity contribution is -0.227. The highest BCUT2D eigenvalue weighted by atomic mass is 16.5. The van der Waals surface area contributed by atoms with Crippen molar-refractivity contribution < 1.29 is 25.2 Å². The minimum atomic E-state index is -1.29. The van der Waals surface area contributed by atoms with Crippen molar-refractivity contribution in [2.45, 2.75) is 50.4 Å². The number of ether oxygens (including phenoxy) is 1. The van der Waals surface area contributed by atoms with Crippen LogP contribution in [0.15, 0.2) is 0 Å². The fraction of sp³-hybridized carbons (Fsp3) is 1.00. The first kappa shape index (κ1) is 13.8. The van der Waals surface area contributed by atoms with Crippen LogP contribution in [0.3, 0.4) is 0 Å². The van der Waals surface area contributed by atoms with Crippen molar-refractivity contribution in [2.75, 3.05) is 13.2 Å². The van der Waals surface area contributed by atoms with Crippen LogP contribution < -0.4 is 5.32 Å². The molecule has 0 aromatic rings. The zero-order chi connectivity index (χ0) is 12.3. The van der Waals surface area contributed by atoms with Gasteiger partial charge in [-0.05, 0) is 0 Å². The topological polar surface area (TPSA) is 102 Å². The van der Waals surface area contributed by atoms with Gasteiger partial charge in [0, 0.05) is 12.6 Å². The Morgan fingerprint density at radius 1 is 1.06 bits per heavy atom. The Morgan fingerprint density at radius 2 is 1.62 bits per heavy atom. The van der Waals surface area contributed by atoms with Gasteiger partial charge in [-0.25, -0.2) is 0 Å². The van der Waals surface area contributed by atoms with Crippen molar-refractivity contribution in [3.05, 3.63) is 0 Å². The summed E-state index contributed by atoms with van der Waals surface area (Å²) in [5.41, 5.74) is 0. The molecule has 1 fully saturated rings. The molecule has 0 radical (unpaired) electrons. The number of hydrogen-bond donors (Lipinski definition) is 5. The number of aliphatic hydroxyl groups excluding tert-OH is 4. The lowest BCUT2D eigenvalue weighted by atomic mass is 9.95. The maximum Gasteiger partial charge on any atom is 0.111 e. The van der Waals surface area contributed by atoms with E-state index in [0.29, 0.717) is 6.54 Å². The number of aliphatic hydroxyl groups is 4. The zero-order valence-corrected chi connectivity index (χ0v) is 9.58. The van der Waals surface area contributed by atoms with Crippen molar-refractivity contribution in [1.82, 2.24) is 5.32 Å². The smallest absolute Gasteiger partial charge is 0.111 e. The molecule has 5 unspecified atom stereocenters. The van der Waals surface area contributed by atoms with Gasteiger partial charge in [0.05, 0.1) is 12.7 Å². The molecule has 0 bridgehead atoms. The maximum absolute atomic E-state index is 9.68. The minimum absolute atomic E-state index is 0.229. The van der Waals surface area contributed by atoms with Crippen LogP contribution in [0.5, 0.6) is 0 Å². The Balaban J connectivity index is 2.56. The molecule has 1 saturated heterocycles. The predicted octanol–water partition coefficient (Wildman–Crippen LogP) is -2.17. The van der Waals surface area contributed by atoms with Crippen LogP contribution in [0.25, 0.3) is 0 Å². The SMILES string of the molecule is CC(C)NCC1OC(CO)C(O)C(O)C1O. The van der Waals surface area contributed by atoms with E-state index in [9.17, 15) is 15.3 Å². The van der Waals surface area contributed by atoms with Gasteiger partial charge in [-0.15, -0.1) is 0 Å². The van der Waals surface area contributed by atoms with E-state index in [4.69, 9.17) is 9.84 Å². The van der Waals surface area contributed by atoms with E-state index in [1.165, 1.54) is 0 Å². The molecule has 1 aliphatic rings. The fourth-order valence-corrected chi connectivity index (χ4v) is 1.70. The van der Waals surface area contributed by atoms with Gasteiger partial charge in [0.1, 0.15) is 24.4 Å². The highest BCUT2D eigenvalue weighted by molar-refractivity contribution is 4.92. The van der Waals surface area contributed by atoms with Crippen LogP contribution in [-0.2, 0) is 4.74 Å². The molecule has 16 heavy (non-hydrogen) atoms. The van der Waals surface area contributed by atoms with Crippen molar-refractivity contribution in [2.24, 2.45) is 0 Å². The molecule has 0 aromatic heterocycles. The lowest BCUT2D eigenvalue weighted by Crippen LogP contribution is -2.60. The third-order valence-corrected chi connectivity index (χ3v) is 2.72. The van der Waals surface area contributed by atoms with Gasteiger partial charge in [-0.2, -0.15) is 0 Å². The summed E-state index contributed by atoms with van der Waals surface area (Å²) in [6.45, 7) is 3.87. The van der Waals surface area contributed by atoms with Crippen LogP contribution in [0.2, 0.25) is 0 Å². The highest BCUT2D eigenvalue weighted by Gasteiger charge is 2.42. The average Bonchev–Trinajstić information content (AvgIpc) is 2.25. The van der Waals surface area contributed by atoms with E-state index >= 15 is 0 Å². The summed E-state index contributed by atoms with van der Waals surface area (Å²) in [6, 6.07) is 0.229. The Labute approximate surface area is 94.9 Å². The van der Waals surface area contributed by atoms with Crippen LogP contribution in [-0.4, -0.2) is 70.1 Å². The van der Waals surface area contributed by atoms with Crippen molar-refractivity contribution in [3.63, 3.8) is 0 Å². The van der Waals surface area contributed by atoms with Crippen LogP contribution in [0, 0.1) is 0 Å². The predicted molar refractivity (Wildman–Crippen MR) is 56.9 cm³/mol. The first-order valence-electron chi connectivity index (χ1n) is 5.51. The van der Waals surface area contributed by atoms with Crippen molar-refractivity contribution >= 4 is 0 Å². The molecule has 6 heteroatoms. The average molecular weight is 235 g/mol. The summed E-state index contributed by atoms with van der Waals surface area (Å²) in [5.74, 6) is 0. The first-order valence-corrected chi connectivity index (χ1v) is 5.51. The third kappa shape index (κ3) is 3.13. The Bertz CT molecular complexity index is 211. The molecule has 0 saturated carbocycles. The monoisotopic (exact) mass is 235 g/mol. The number of rotatable bonds is 4.